The Bertz CT molecular complexity index is 1190. The van der Waals surface area contributed by atoms with Crippen molar-refractivity contribution in [1.29, 1.82) is 5.26 Å². The highest BCUT2D eigenvalue weighted by Gasteiger charge is 2.22. The number of rotatable bonds is 6. The summed E-state index contributed by atoms with van der Waals surface area (Å²) in [6.07, 6.45) is 1.12. The number of hydrogen-bond donors (Lipinski definition) is 0. The van der Waals surface area contributed by atoms with Gasteiger partial charge in [-0.3, -0.25) is 4.68 Å². The highest BCUT2D eigenvalue weighted by atomic mass is 16.5. The molecule has 5 heteroatoms. The minimum atomic E-state index is -0.409. The smallest absolute Gasteiger partial charge is 0.160 e. The number of hydrogen-bond acceptors (Lipinski definition) is 4. The zero-order chi connectivity index (χ0) is 20.9. The lowest BCUT2D eigenvalue weighted by Gasteiger charge is -2.19. The fourth-order valence-corrected chi connectivity index (χ4v) is 3.54. The van der Waals surface area contributed by atoms with Gasteiger partial charge in [-0.25, -0.2) is 4.98 Å². The number of nitriles is 1. The van der Waals surface area contributed by atoms with E-state index in [9.17, 15) is 5.26 Å². The number of aryl methyl sites for hydroxylation is 2. The number of benzene rings is 3. The van der Waals surface area contributed by atoms with Crippen LogP contribution in [0.1, 0.15) is 34.2 Å². The molecule has 0 bridgehead atoms. The molecule has 0 aliphatic heterocycles. The largest absolute Gasteiger partial charge is 0.361 e. The standard InChI is InChI=1S/C25H22N4O/c1-18-8-6-7-11-22(18)23-14-20(12-13-21(23)15-26)24(25-27-17-28-29(25)2)30-16-19-9-4-3-5-10-19/h3-14,17,24H,16H2,1-2H3. The van der Waals surface area contributed by atoms with E-state index in [1.165, 1.54) is 6.33 Å². The molecule has 0 radical (unpaired) electrons. The first kappa shape index (κ1) is 19.6. The third kappa shape index (κ3) is 4.00. The van der Waals surface area contributed by atoms with Crippen LogP contribution in [0, 0.1) is 18.3 Å². The Labute approximate surface area is 176 Å². The monoisotopic (exact) mass is 394 g/mol. The Balaban J connectivity index is 1.77. The Morgan fingerprint density at radius 3 is 2.47 bits per heavy atom. The van der Waals surface area contributed by atoms with Crippen LogP contribution >= 0.6 is 0 Å². The van der Waals surface area contributed by atoms with Crippen LogP contribution in [0.3, 0.4) is 0 Å². The van der Waals surface area contributed by atoms with Gasteiger partial charge in [0.25, 0.3) is 0 Å². The van der Waals surface area contributed by atoms with E-state index in [1.807, 2.05) is 73.8 Å². The van der Waals surface area contributed by atoms with Crippen LogP contribution in [0.25, 0.3) is 11.1 Å². The van der Waals surface area contributed by atoms with Gasteiger partial charge in [-0.1, -0.05) is 60.7 Å². The molecule has 0 saturated carbocycles. The number of nitrogens with zero attached hydrogens (tertiary/aromatic N) is 4. The van der Waals surface area contributed by atoms with Crippen molar-refractivity contribution in [2.24, 2.45) is 7.05 Å². The van der Waals surface area contributed by atoms with Crippen molar-refractivity contribution in [3.05, 3.63) is 107 Å². The van der Waals surface area contributed by atoms with Gasteiger partial charge in [0.2, 0.25) is 0 Å². The SMILES string of the molecule is Cc1ccccc1-c1cc(C(OCc2ccccc2)c2ncnn2C)ccc1C#N. The van der Waals surface area contributed by atoms with Crippen molar-refractivity contribution in [2.45, 2.75) is 19.6 Å². The molecule has 0 N–H and O–H groups in total. The molecular formula is C25H22N4O. The van der Waals surface area contributed by atoms with E-state index in [0.29, 0.717) is 18.0 Å². The summed E-state index contributed by atoms with van der Waals surface area (Å²) in [5.41, 5.74) is 5.69. The van der Waals surface area contributed by atoms with E-state index in [2.05, 4.69) is 29.1 Å². The van der Waals surface area contributed by atoms with Crippen molar-refractivity contribution in [3.8, 4) is 17.2 Å². The van der Waals surface area contributed by atoms with Crippen LogP contribution < -0.4 is 0 Å². The fraction of sp³-hybridized carbons (Fsp3) is 0.160. The van der Waals surface area contributed by atoms with Crippen LogP contribution in [-0.4, -0.2) is 14.8 Å². The highest BCUT2D eigenvalue weighted by Crippen LogP contribution is 2.32. The van der Waals surface area contributed by atoms with Crippen molar-refractivity contribution in [2.75, 3.05) is 0 Å². The molecule has 5 nitrogen and oxygen atoms in total. The van der Waals surface area contributed by atoms with Crippen molar-refractivity contribution in [3.63, 3.8) is 0 Å². The molecule has 0 amide bonds. The zero-order valence-electron chi connectivity index (χ0n) is 17.0. The van der Waals surface area contributed by atoms with E-state index in [0.717, 1.165) is 27.8 Å². The lowest BCUT2D eigenvalue weighted by atomic mass is 9.93. The van der Waals surface area contributed by atoms with Gasteiger partial charge in [0.05, 0.1) is 18.2 Å². The maximum atomic E-state index is 9.67. The molecule has 148 valence electrons. The lowest BCUT2D eigenvalue weighted by Crippen LogP contribution is -2.13. The summed E-state index contributed by atoms with van der Waals surface area (Å²) in [6, 6.07) is 26.3. The molecule has 4 aromatic rings. The van der Waals surface area contributed by atoms with Gasteiger partial charge in [0.15, 0.2) is 5.82 Å². The summed E-state index contributed by atoms with van der Waals surface area (Å²) in [4.78, 5) is 4.43. The molecule has 0 aliphatic carbocycles. The predicted octanol–water partition coefficient (Wildman–Crippen LogP) is 4.97. The third-order valence-corrected chi connectivity index (χ3v) is 5.14. The first-order valence-corrected chi connectivity index (χ1v) is 9.77. The minimum absolute atomic E-state index is 0.409. The van der Waals surface area contributed by atoms with Crippen molar-refractivity contribution < 1.29 is 4.74 Å². The molecule has 1 heterocycles. The van der Waals surface area contributed by atoms with Gasteiger partial charge < -0.3 is 4.74 Å². The van der Waals surface area contributed by atoms with Crippen LogP contribution in [0.5, 0.6) is 0 Å². The molecular weight excluding hydrogens is 372 g/mol. The highest BCUT2D eigenvalue weighted by molar-refractivity contribution is 5.74. The molecule has 1 unspecified atom stereocenters. The van der Waals surface area contributed by atoms with E-state index in [4.69, 9.17) is 4.74 Å². The molecule has 0 saturated heterocycles. The van der Waals surface area contributed by atoms with Crippen molar-refractivity contribution in [1.82, 2.24) is 14.8 Å². The molecule has 3 aromatic carbocycles. The summed E-state index contributed by atoms with van der Waals surface area (Å²) >= 11 is 0. The summed E-state index contributed by atoms with van der Waals surface area (Å²) in [5, 5.41) is 13.9. The maximum absolute atomic E-state index is 9.67. The summed E-state index contributed by atoms with van der Waals surface area (Å²) in [5.74, 6) is 0.714. The van der Waals surface area contributed by atoms with Crippen LogP contribution in [0.15, 0.2) is 79.1 Å². The Kier molecular flexibility index (Phi) is 5.69. The predicted molar refractivity (Wildman–Crippen MR) is 115 cm³/mol. The first-order chi connectivity index (χ1) is 14.7. The van der Waals surface area contributed by atoms with Crippen LogP contribution in [0.2, 0.25) is 0 Å². The number of ether oxygens (including phenoxy) is 1. The second-order valence-electron chi connectivity index (χ2n) is 7.15. The molecule has 4 rings (SSSR count). The van der Waals surface area contributed by atoms with Crippen LogP contribution in [0.4, 0.5) is 0 Å². The fourth-order valence-electron chi connectivity index (χ4n) is 3.54. The molecule has 0 spiro atoms. The second kappa shape index (κ2) is 8.73. The quantitative estimate of drug-likeness (QED) is 0.463. The van der Waals surface area contributed by atoms with E-state index in [1.54, 1.807) is 4.68 Å². The maximum Gasteiger partial charge on any atom is 0.160 e. The zero-order valence-corrected chi connectivity index (χ0v) is 17.0. The summed E-state index contributed by atoms with van der Waals surface area (Å²) < 4.78 is 8.05. The molecule has 30 heavy (non-hydrogen) atoms. The molecule has 1 atom stereocenters. The van der Waals surface area contributed by atoms with E-state index >= 15 is 0 Å². The molecule has 0 fully saturated rings. The Morgan fingerprint density at radius 1 is 1.00 bits per heavy atom. The summed E-state index contributed by atoms with van der Waals surface area (Å²) in [6.45, 7) is 2.49. The topological polar surface area (TPSA) is 63.7 Å². The van der Waals surface area contributed by atoms with Crippen molar-refractivity contribution >= 4 is 0 Å². The Hall–Kier alpha value is -3.75. The first-order valence-electron chi connectivity index (χ1n) is 9.77. The van der Waals surface area contributed by atoms with Gasteiger partial charge in [-0.2, -0.15) is 10.4 Å². The summed E-state index contributed by atoms with van der Waals surface area (Å²) in [7, 11) is 1.85. The van der Waals surface area contributed by atoms with Gasteiger partial charge in [0.1, 0.15) is 12.4 Å². The number of aromatic nitrogens is 3. The average molecular weight is 394 g/mol. The molecule has 1 aromatic heterocycles. The van der Waals surface area contributed by atoms with Crippen LogP contribution in [-0.2, 0) is 18.4 Å². The van der Waals surface area contributed by atoms with Gasteiger partial charge >= 0.3 is 0 Å². The third-order valence-electron chi connectivity index (χ3n) is 5.14. The second-order valence-corrected chi connectivity index (χ2v) is 7.15. The molecule has 0 aliphatic rings. The van der Waals surface area contributed by atoms with Gasteiger partial charge in [-0.05, 0) is 41.3 Å². The van der Waals surface area contributed by atoms with E-state index in [-0.39, 0.29) is 0 Å². The minimum Gasteiger partial charge on any atom is -0.361 e. The van der Waals surface area contributed by atoms with Gasteiger partial charge in [-0.15, -0.1) is 0 Å². The Morgan fingerprint density at radius 2 is 1.77 bits per heavy atom. The van der Waals surface area contributed by atoms with Gasteiger partial charge in [0, 0.05) is 12.6 Å². The average Bonchev–Trinajstić information content (AvgIpc) is 3.20. The lowest BCUT2D eigenvalue weighted by molar-refractivity contribution is 0.0587. The van der Waals surface area contributed by atoms with E-state index < -0.39 is 6.10 Å². The normalized spacial score (nSPS) is 11.8.